The van der Waals surface area contributed by atoms with Gasteiger partial charge in [-0.05, 0) is 43.3 Å². The Bertz CT molecular complexity index is 1220. The summed E-state index contributed by atoms with van der Waals surface area (Å²) in [7, 11) is 0. The number of amides is 1. The first-order valence-electron chi connectivity index (χ1n) is 9.96. The predicted molar refractivity (Wildman–Crippen MR) is 130 cm³/mol. The molecule has 0 spiro atoms. The predicted octanol–water partition coefficient (Wildman–Crippen LogP) is 5.46. The molecule has 0 N–H and O–H groups in total. The van der Waals surface area contributed by atoms with Crippen molar-refractivity contribution in [3.05, 3.63) is 83.7 Å². The van der Waals surface area contributed by atoms with Crippen LogP contribution in [0.1, 0.15) is 12.5 Å². The monoisotopic (exact) mass is 465 g/mol. The maximum atomic E-state index is 14.6. The van der Waals surface area contributed by atoms with Gasteiger partial charge in [-0.1, -0.05) is 48.3 Å². The van der Waals surface area contributed by atoms with Crippen LogP contribution >= 0.6 is 24.0 Å². The van der Waals surface area contributed by atoms with Crippen LogP contribution in [0, 0.1) is 5.82 Å². The average Bonchev–Trinajstić information content (AvgIpc) is 3.33. The standard InChI is InChI=1S/C24H20FN3O2S2/c1-3-12-27-23(29)21(32-24(27)31)14-17-15-28(18-8-6-5-7-9-18)26-22(17)16-10-11-20(30-4-2)19(25)13-16/h3,5-11,13-15H,1,4,12H2,2H3/b21-14-. The van der Waals surface area contributed by atoms with E-state index in [0.717, 1.165) is 5.69 Å². The van der Waals surface area contributed by atoms with Gasteiger partial charge in [0.05, 0.1) is 17.2 Å². The maximum absolute atomic E-state index is 14.6. The fraction of sp³-hybridized carbons (Fsp3) is 0.125. The molecule has 2 heterocycles. The largest absolute Gasteiger partial charge is 0.491 e. The van der Waals surface area contributed by atoms with Crippen LogP contribution in [0.25, 0.3) is 23.0 Å². The number of aromatic nitrogens is 2. The molecule has 1 fully saturated rings. The highest BCUT2D eigenvalue weighted by molar-refractivity contribution is 8.26. The molecule has 2 aromatic carbocycles. The minimum Gasteiger partial charge on any atom is -0.491 e. The van der Waals surface area contributed by atoms with E-state index in [-0.39, 0.29) is 11.7 Å². The number of halogens is 1. The van der Waals surface area contributed by atoms with E-state index in [4.69, 9.17) is 22.1 Å². The van der Waals surface area contributed by atoms with Crippen LogP contribution in [-0.2, 0) is 4.79 Å². The normalized spacial score (nSPS) is 14.9. The van der Waals surface area contributed by atoms with E-state index in [0.29, 0.717) is 39.2 Å². The van der Waals surface area contributed by atoms with Gasteiger partial charge >= 0.3 is 0 Å². The highest BCUT2D eigenvalue weighted by atomic mass is 32.2. The van der Waals surface area contributed by atoms with Crippen LogP contribution in [0.15, 0.2) is 72.3 Å². The summed E-state index contributed by atoms with van der Waals surface area (Å²) >= 11 is 6.56. The lowest BCUT2D eigenvalue weighted by Gasteiger charge is -2.10. The molecule has 1 saturated heterocycles. The molecule has 0 atom stereocenters. The van der Waals surface area contributed by atoms with E-state index in [2.05, 4.69) is 6.58 Å². The number of benzene rings is 2. The van der Waals surface area contributed by atoms with E-state index >= 15 is 0 Å². The second-order valence-corrected chi connectivity index (χ2v) is 8.55. The molecule has 1 amide bonds. The third kappa shape index (κ3) is 4.37. The van der Waals surface area contributed by atoms with Crippen LogP contribution < -0.4 is 4.74 Å². The van der Waals surface area contributed by atoms with Crippen molar-refractivity contribution in [2.75, 3.05) is 13.2 Å². The average molecular weight is 466 g/mol. The maximum Gasteiger partial charge on any atom is 0.266 e. The van der Waals surface area contributed by atoms with Gasteiger partial charge < -0.3 is 4.74 Å². The molecule has 3 aromatic rings. The third-order valence-electron chi connectivity index (χ3n) is 4.74. The smallest absolute Gasteiger partial charge is 0.266 e. The van der Waals surface area contributed by atoms with Crippen LogP contribution in [0.2, 0.25) is 0 Å². The van der Waals surface area contributed by atoms with Gasteiger partial charge in [0.2, 0.25) is 0 Å². The highest BCUT2D eigenvalue weighted by Gasteiger charge is 2.31. The number of nitrogens with zero attached hydrogens (tertiary/aromatic N) is 3. The van der Waals surface area contributed by atoms with Crippen molar-refractivity contribution in [1.29, 1.82) is 0 Å². The fourth-order valence-electron chi connectivity index (χ4n) is 3.28. The Morgan fingerprint density at radius 1 is 1.25 bits per heavy atom. The van der Waals surface area contributed by atoms with Gasteiger partial charge in [0.25, 0.3) is 5.91 Å². The zero-order chi connectivity index (χ0) is 22.7. The summed E-state index contributed by atoms with van der Waals surface area (Å²) in [5.41, 5.74) is 2.65. The highest BCUT2D eigenvalue weighted by Crippen LogP contribution is 2.35. The van der Waals surface area contributed by atoms with Crippen molar-refractivity contribution in [3.8, 4) is 22.7 Å². The Hall–Kier alpha value is -3.23. The molecule has 1 aliphatic heterocycles. The summed E-state index contributed by atoms with van der Waals surface area (Å²) in [5, 5.41) is 4.69. The number of rotatable bonds is 7. The Morgan fingerprint density at radius 2 is 2.03 bits per heavy atom. The zero-order valence-electron chi connectivity index (χ0n) is 17.3. The first-order chi connectivity index (χ1) is 15.5. The molecule has 0 radical (unpaired) electrons. The van der Waals surface area contributed by atoms with Crippen LogP contribution in [-0.4, -0.2) is 38.1 Å². The third-order valence-corrected chi connectivity index (χ3v) is 6.12. The van der Waals surface area contributed by atoms with Gasteiger partial charge in [0, 0.05) is 23.9 Å². The van der Waals surface area contributed by atoms with Crippen LogP contribution in [0.3, 0.4) is 0 Å². The van der Waals surface area contributed by atoms with Crippen LogP contribution in [0.4, 0.5) is 4.39 Å². The molecular formula is C24H20FN3O2S2. The molecule has 32 heavy (non-hydrogen) atoms. The summed E-state index contributed by atoms with van der Waals surface area (Å²) in [4.78, 5) is 14.8. The van der Waals surface area contributed by atoms with Gasteiger partial charge in [-0.15, -0.1) is 6.58 Å². The van der Waals surface area contributed by atoms with Crippen molar-refractivity contribution in [2.24, 2.45) is 0 Å². The van der Waals surface area contributed by atoms with Gasteiger partial charge in [0.1, 0.15) is 10.0 Å². The van der Waals surface area contributed by atoms with Gasteiger partial charge in [-0.3, -0.25) is 9.69 Å². The second kappa shape index (κ2) is 9.50. The minimum atomic E-state index is -0.470. The van der Waals surface area contributed by atoms with Gasteiger partial charge in [0.15, 0.2) is 11.6 Å². The van der Waals surface area contributed by atoms with Crippen molar-refractivity contribution in [1.82, 2.24) is 14.7 Å². The number of hydrogen-bond donors (Lipinski definition) is 0. The van der Waals surface area contributed by atoms with E-state index < -0.39 is 5.82 Å². The molecular weight excluding hydrogens is 445 g/mol. The number of carbonyl (C=O) groups is 1. The molecule has 162 valence electrons. The van der Waals surface area contributed by atoms with E-state index in [9.17, 15) is 9.18 Å². The molecule has 0 saturated carbocycles. The second-order valence-electron chi connectivity index (χ2n) is 6.87. The summed E-state index contributed by atoms with van der Waals surface area (Å²) in [6.45, 7) is 6.20. The lowest BCUT2D eigenvalue weighted by Crippen LogP contribution is -2.27. The number of thiocarbonyl (C=S) groups is 1. The van der Waals surface area contributed by atoms with Crippen molar-refractivity contribution < 1.29 is 13.9 Å². The fourth-order valence-corrected chi connectivity index (χ4v) is 4.54. The van der Waals surface area contributed by atoms with E-state index in [1.165, 1.54) is 22.7 Å². The number of para-hydroxylation sites is 1. The zero-order valence-corrected chi connectivity index (χ0v) is 19.0. The van der Waals surface area contributed by atoms with Gasteiger partial charge in [-0.25, -0.2) is 9.07 Å². The first-order valence-corrected chi connectivity index (χ1v) is 11.2. The lowest BCUT2D eigenvalue weighted by molar-refractivity contribution is -0.121. The summed E-state index contributed by atoms with van der Waals surface area (Å²) in [6, 6.07) is 14.3. The van der Waals surface area contributed by atoms with E-state index in [1.54, 1.807) is 35.9 Å². The van der Waals surface area contributed by atoms with Crippen molar-refractivity contribution in [2.45, 2.75) is 6.92 Å². The molecule has 0 unspecified atom stereocenters. The molecule has 0 aliphatic carbocycles. The quantitative estimate of drug-likeness (QED) is 0.263. The number of carbonyl (C=O) groups excluding carboxylic acids is 1. The summed E-state index contributed by atoms with van der Waals surface area (Å²) in [5.74, 6) is -0.469. The Morgan fingerprint density at radius 3 is 2.72 bits per heavy atom. The Balaban J connectivity index is 1.80. The van der Waals surface area contributed by atoms with Crippen molar-refractivity contribution in [3.63, 3.8) is 0 Å². The number of ether oxygens (including phenoxy) is 1. The Kier molecular flexibility index (Phi) is 6.53. The molecule has 8 heteroatoms. The number of hydrogen-bond acceptors (Lipinski definition) is 5. The topological polar surface area (TPSA) is 47.4 Å². The summed E-state index contributed by atoms with van der Waals surface area (Å²) in [6.07, 6.45) is 5.20. The van der Waals surface area contributed by atoms with Crippen LogP contribution in [0.5, 0.6) is 5.75 Å². The summed E-state index contributed by atoms with van der Waals surface area (Å²) < 4.78 is 22.1. The molecule has 0 bridgehead atoms. The molecule has 5 nitrogen and oxygen atoms in total. The van der Waals surface area contributed by atoms with Crippen molar-refractivity contribution >= 4 is 40.3 Å². The Labute approximate surface area is 195 Å². The first kappa shape index (κ1) is 22.0. The lowest BCUT2D eigenvalue weighted by atomic mass is 10.1. The van der Waals surface area contributed by atoms with Gasteiger partial charge in [-0.2, -0.15) is 5.10 Å². The molecule has 1 aromatic heterocycles. The molecule has 4 rings (SSSR count). The molecule has 1 aliphatic rings. The SMILES string of the molecule is C=CCN1C(=O)/C(=C/c2cn(-c3ccccc3)nc2-c2ccc(OCC)c(F)c2)SC1=S. The van der Waals surface area contributed by atoms with E-state index in [1.807, 2.05) is 36.5 Å². The minimum absolute atomic E-state index is 0.184. The number of thioether (sulfide) groups is 1.